The Bertz CT molecular complexity index is 561. The molecule has 0 aromatic carbocycles. The number of rotatable bonds is 5. The lowest BCUT2D eigenvalue weighted by atomic mass is 9.96. The van der Waals surface area contributed by atoms with E-state index < -0.39 is 0 Å². The predicted octanol–water partition coefficient (Wildman–Crippen LogP) is 3.82. The second-order valence-corrected chi connectivity index (χ2v) is 6.58. The zero-order valence-corrected chi connectivity index (χ0v) is 13.6. The summed E-state index contributed by atoms with van der Waals surface area (Å²) in [7, 11) is 0. The molecule has 0 radical (unpaired) electrons. The van der Waals surface area contributed by atoms with E-state index in [1.54, 1.807) is 4.57 Å². The Morgan fingerprint density at radius 1 is 1.52 bits per heavy atom. The molecular weight excluding hydrogens is 262 g/mol. The Hall–Kier alpha value is -1.58. The summed E-state index contributed by atoms with van der Waals surface area (Å²) in [6, 6.07) is 2.17. The fourth-order valence-electron chi connectivity index (χ4n) is 3.16. The van der Waals surface area contributed by atoms with Crippen molar-refractivity contribution < 1.29 is 0 Å². The van der Waals surface area contributed by atoms with Gasteiger partial charge in [0, 0.05) is 17.9 Å². The molecule has 21 heavy (non-hydrogen) atoms. The molecule has 0 saturated heterocycles. The van der Waals surface area contributed by atoms with Crippen LogP contribution in [0.2, 0.25) is 0 Å². The molecule has 116 valence electrons. The van der Waals surface area contributed by atoms with Crippen LogP contribution >= 0.6 is 0 Å². The highest BCUT2D eigenvalue weighted by Gasteiger charge is 2.31. The van der Waals surface area contributed by atoms with Crippen molar-refractivity contribution in [1.29, 1.82) is 0 Å². The molecule has 1 aromatic heterocycles. The number of hydrogen-bond donors (Lipinski definition) is 1. The molecule has 3 atom stereocenters. The van der Waals surface area contributed by atoms with Gasteiger partial charge in [0.2, 0.25) is 0 Å². The van der Waals surface area contributed by atoms with Crippen LogP contribution in [0.5, 0.6) is 0 Å². The van der Waals surface area contributed by atoms with Crippen LogP contribution in [0, 0.1) is 17.8 Å². The Labute approximate surface area is 127 Å². The first-order chi connectivity index (χ1) is 9.92. The van der Waals surface area contributed by atoms with Crippen molar-refractivity contribution >= 4 is 5.82 Å². The van der Waals surface area contributed by atoms with Gasteiger partial charge in [-0.25, -0.2) is 4.79 Å². The van der Waals surface area contributed by atoms with E-state index in [0.717, 1.165) is 24.5 Å². The van der Waals surface area contributed by atoms with Crippen LogP contribution in [0.25, 0.3) is 0 Å². The Morgan fingerprint density at radius 2 is 2.24 bits per heavy atom. The second-order valence-electron chi connectivity index (χ2n) is 6.58. The van der Waals surface area contributed by atoms with Crippen LogP contribution in [0.4, 0.5) is 5.82 Å². The molecule has 1 saturated carbocycles. The summed E-state index contributed by atoms with van der Waals surface area (Å²) in [5, 5.41) is 3.11. The molecule has 1 N–H and O–H groups in total. The number of allylic oxidation sites excluding steroid dienone is 1. The van der Waals surface area contributed by atoms with E-state index in [4.69, 9.17) is 0 Å². The molecule has 0 spiro atoms. The van der Waals surface area contributed by atoms with E-state index >= 15 is 0 Å². The van der Waals surface area contributed by atoms with Crippen molar-refractivity contribution in [3.8, 4) is 0 Å². The maximum atomic E-state index is 12.3. The van der Waals surface area contributed by atoms with Gasteiger partial charge in [-0.15, -0.1) is 0 Å². The highest BCUT2D eigenvalue weighted by Crippen LogP contribution is 2.40. The van der Waals surface area contributed by atoms with Crippen molar-refractivity contribution in [2.45, 2.75) is 53.0 Å². The van der Waals surface area contributed by atoms with Crippen molar-refractivity contribution in [1.82, 2.24) is 9.55 Å². The minimum atomic E-state index is -0.162. The average Bonchev–Trinajstić information content (AvgIpc) is 2.79. The van der Waals surface area contributed by atoms with Gasteiger partial charge in [0.15, 0.2) is 0 Å². The van der Waals surface area contributed by atoms with E-state index in [1.807, 2.05) is 12.3 Å². The summed E-state index contributed by atoms with van der Waals surface area (Å²) in [4.78, 5) is 16.4. The summed E-state index contributed by atoms with van der Waals surface area (Å²) in [6.07, 6.45) is 5.23. The molecule has 1 aromatic rings. The first-order valence-electron chi connectivity index (χ1n) is 7.97. The molecule has 2 rings (SSSR count). The molecule has 1 heterocycles. The van der Waals surface area contributed by atoms with E-state index in [9.17, 15) is 4.79 Å². The van der Waals surface area contributed by atoms with Gasteiger partial charge in [-0.3, -0.25) is 4.57 Å². The Balaban J connectivity index is 2.13. The number of aromatic nitrogens is 2. The molecule has 1 fully saturated rings. The maximum absolute atomic E-state index is 12.3. The maximum Gasteiger partial charge on any atom is 0.349 e. The summed E-state index contributed by atoms with van der Waals surface area (Å²) in [5.41, 5.74) is 0.714. The SMILES string of the molecule is C=C(Nc1ccn(C2CC(C)C(CC)C2)c(=O)n1)C(C)C. The zero-order chi connectivity index (χ0) is 15.6. The summed E-state index contributed by atoms with van der Waals surface area (Å²) in [5.74, 6) is 2.31. The smallest absolute Gasteiger partial charge is 0.344 e. The monoisotopic (exact) mass is 289 g/mol. The largest absolute Gasteiger partial charge is 0.349 e. The van der Waals surface area contributed by atoms with Gasteiger partial charge in [0.25, 0.3) is 0 Å². The predicted molar refractivity (Wildman–Crippen MR) is 87.3 cm³/mol. The van der Waals surface area contributed by atoms with Crippen LogP contribution < -0.4 is 11.0 Å². The third kappa shape index (κ3) is 3.55. The van der Waals surface area contributed by atoms with Crippen molar-refractivity contribution in [2.24, 2.45) is 17.8 Å². The minimum Gasteiger partial charge on any atom is -0.344 e. The molecule has 3 unspecified atom stereocenters. The van der Waals surface area contributed by atoms with Gasteiger partial charge in [-0.2, -0.15) is 4.98 Å². The average molecular weight is 289 g/mol. The van der Waals surface area contributed by atoms with Crippen molar-refractivity contribution in [3.05, 3.63) is 35.0 Å². The molecular formula is C17H27N3O. The minimum absolute atomic E-state index is 0.162. The standard InChI is InChI=1S/C17H27N3O/c1-6-14-10-15(9-12(14)4)20-8-7-16(19-17(20)21)18-13(5)11(2)3/h7-8,11-12,14-15H,5-6,9-10H2,1-4H3,(H,18,19,21). The van der Waals surface area contributed by atoms with Crippen LogP contribution in [-0.4, -0.2) is 9.55 Å². The number of nitrogens with zero attached hydrogens (tertiary/aromatic N) is 2. The fourth-order valence-corrected chi connectivity index (χ4v) is 3.16. The quantitative estimate of drug-likeness (QED) is 0.896. The lowest BCUT2D eigenvalue weighted by molar-refractivity contribution is 0.406. The molecule has 4 nitrogen and oxygen atoms in total. The highest BCUT2D eigenvalue weighted by molar-refractivity contribution is 5.39. The normalized spacial score (nSPS) is 25.3. The van der Waals surface area contributed by atoms with Crippen LogP contribution in [0.1, 0.15) is 53.0 Å². The van der Waals surface area contributed by atoms with Crippen LogP contribution in [0.3, 0.4) is 0 Å². The summed E-state index contributed by atoms with van der Waals surface area (Å²) >= 11 is 0. The molecule has 1 aliphatic rings. The highest BCUT2D eigenvalue weighted by atomic mass is 16.1. The topological polar surface area (TPSA) is 46.9 Å². The van der Waals surface area contributed by atoms with E-state index in [0.29, 0.717) is 23.7 Å². The molecule has 0 bridgehead atoms. The van der Waals surface area contributed by atoms with E-state index in [-0.39, 0.29) is 5.69 Å². The lowest BCUT2D eigenvalue weighted by Gasteiger charge is -2.15. The van der Waals surface area contributed by atoms with Gasteiger partial charge in [0.05, 0.1) is 0 Å². The molecule has 1 aliphatic carbocycles. The Morgan fingerprint density at radius 3 is 2.76 bits per heavy atom. The van der Waals surface area contributed by atoms with Gasteiger partial charge in [-0.1, -0.05) is 40.7 Å². The third-order valence-corrected chi connectivity index (χ3v) is 4.76. The van der Waals surface area contributed by atoms with Gasteiger partial charge in [-0.05, 0) is 36.7 Å². The first kappa shape index (κ1) is 15.8. The molecule has 0 aliphatic heterocycles. The van der Waals surface area contributed by atoms with Gasteiger partial charge in [0.1, 0.15) is 5.82 Å². The van der Waals surface area contributed by atoms with Crippen LogP contribution in [-0.2, 0) is 0 Å². The van der Waals surface area contributed by atoms with Gasteiger partial charge < -0.3 is 5.32 Å². The Kier molecular flexibility index (Phi) is 4.86. The zero-order valence-electron chi connectivity index (χ0n) is 13.6. The first-order valence-corrected chi connectivity index (χ1v) is 7.97. The third-order valence-electron chi connectivity index (χ3n) is 4.76. The number of nitrogens with one attached hydrogen (secondary N) is 1. The molecule has 0 amide bonds. The van der Waals surface area contributed by atoms with Gasteiger partial charge >= 0.3 is 5.69 Å². The van der Waals surface area contributed by atoms with E-state index in [2.05, 4.69) is 44.6 Å². The van der Waals surface area contributed by atoms with Crippen molar-refractivity contribution in [3.63, 3.8) is 0 Å². The van der Waals surface area contributed by atoms with E-state index in [1.165, 1.54) is 6.42 Å². The van der Waals surface area contributed by atoms with Crippen LogP contribution in [0.15, 0.2) is 29.3 Å². The second kappa shape index (κ2) is 6.46. The van der Waals surface area contributed by atoms with Crippen molar-refractivity contribution in [2.75, 3.05) is 5.32 Å². The fraction of sp³-hybridized carbons (Fsp3) is 0.647. The number of hydrogen-bond acceptors (Lipinski definition) is 3. The molecule has 4 heteroatoms. The lowest BCUT2D eigenvalue weighted by Crippen LogP contribution is -2.26. The number of anilines is 1. The summed E-state index contributed by atoms with van der Waals surface area (Å²) < 4.78 is 1.80. The summed E-state index contributed by atoms with van der Waals surface area (Å²) in [6.45, 7) is 12.6.